The minimum Gasteiger partial charge on any atom is -0.369 e. The third kappa shape index (κ3) is 3.64. The standard InChI is InChI=1S/C10H10BrClN2O/c1-14(2)6-13-10(15)8-4-3-7(12)5-9(8)11/h3-6H,1-2H3/b13-6+. The van der Waals surface area contributed by atoms with Crippen LogP contribution in [0.4, 0.5) is 0 Å². The van der Waals surface area contributed by atoms with Crippen molar-refractivity contribution in [2.45, 2.75) is 0 Å². The summed E-state index contributed by atoms with van der Waals surface area (Å²) in [6.07, 6.45) is 1.46. The minimum atomic E-state index is -0.299. The maximum atomic E-state index is 11.6. The molecule has 1 aromatic rings. The highest BCUT2D eigenvalue weighted by Crippen LogP contribution is 2.22. The zero-order valence-corrected chi connectivity index (χ0v) is 10.7. The second-order valence-corrected chi connectivity index (χ2v) is 4.43. The molecule has 0 aliphatic rings. The van der Waals surface area contributed by atoms with Crippen LogP contribution in [0.1, 0.15) is 10.4 Å². The topological polar surface area (TPSA) is 32.7 Å². The van der Waals surface area contributed by atoms with Crippen LogP contribution in [0.5, 0.6) is 0 Å². The monoisotopic (exact) mass is 288 g/mol. The van der Waals surface area contributed by atoms with Crippen molar-refractivity contribution in [3.05, 3.63) is 33.3 Å². The number of nitrogens with zero attached hydrogens (tertiary/aromatic N) is 2. The van der Waals surface area contributed by atoms with Gasteiger partial charge in [0.05, 0.1) is 11.9 Å². The van der Waals surface area contributed by atoms with Crippen molar-refractivity contribution in [2.75, 3.05) is 14.1 Å². The van der Waals surface area contributed by atoms with Crippen molar-refractivity contribution in [1.82, 2.24) is 4.90 Å². The van der Waals surface area contributed by atoms with Crippen molar-refractivity contribution in [2.24, 2.45) is 4.99 Å². The summed E-state index contributed by atoms with van der Waals surface area (Å²) >= 11 is 9.02. The summed E-state index contributed by atoms with van der Waals surface area (Å²) in [6, 6.07) is 4.96. The maximum absolute atomic E-state index is 11.6. The Labute approximate surface area is 102 Å². The molecular formula is C10H10BrClN2O. The molecule has 0 heterocycles. The molecule has 1 aromatic carbocycles. The van der Waals surface area contributed by atoms with E-state index in [4.69, 9.17) is 11.6 Å². The van der Waals surface area contributed by atoms with Crippen LogP contribution in [0, 0.1) is 0 Å². The summed E-state index contributed by atoms with van der Waals surface area (Å²) in [5.74, 6) is -0.299. The average Bonchev–Trinajstić information content (AvgIpc) is 2.14. The van der Waals surface area contributed by atoms with Gasteiger partial charge in [0.15, 0.2) is 0 Å². The van der Waals surface area contributed by atoms with Crippen molar-refractivity contribution in [3.8, 4) is 0 Å². The molecule has 1 amide bonds. The molecule has 0 fully saturated rings. The van der Waals surface area contributed by atoms with E-state index >= 15 is 0 Å². The van der Waals surface area contributed by atoms with Gasteiger partial charge in [-0.3, -0.25) is 4.79 Å². The van der Waals surface area contributed by atoms with E-state index in [1.807, 2.05) is 0 Å². The van der Waals surface area contributed by atoms with Gasteiger partial charge in [-0.25, -0.2) is 0 Å². The van der Waals surface area contributed by atoms with Gasteiger partial charge < -0.3 is 4.90 Å². The van der Waals surface area contributed by atoms with E-state index < -0.39 is 0 Å². The smallest absolute Gasteiger partial charge is 0.279 e. The molecule has 0 radical (unpaired) electrons. The van der Waals surface area contributed by atoms with Gasteiger partial charge in [0, 0.05) is 23.6 Å². The van der Waals surface area contributed by atoms with Crippen LogP contribution in [-0.4, -0.2) is 31.2 Å². The highest BCUT2D eigenvalue weighted by molar-refractivity contribution is 9.10. The number of halogens is 2. The van der Waals surface area contributed by atoms with Crippen LogP contribution in [0.15, 0.2) is 27.7 Å². The summed E-state index contributed by atoms with van der Waals surface area (Å²) in [5.41, 5.74) is 0.498. The predicted octanol–water partition coefficient (Wildman–Crippen LogP) is 2.83. The van der Waals surface area contributed by atoms with Crippen molar-refractivity contribution in [3.63, 3.8) is 0 Å². The molecule has 3 nitrogen and oxygen atoms in total. The number of carbonyl (C=O) groups excluding carboxylic acids is 1. The molecule has 0 N–H and O–H groups in total. The number of benzene rings is 1. The first-order valence-electron chi connectivity index (χ1n) is 4.20. The van der Waals surface area contributed by atoms with Gasteiger partial charge >= 0.3 is 0 Å². The van der Waals surface area contributed by atoms with E-state index in [9.17, 15) is 4.79 Å². The van der Waals surface area contributed by atoms with Gasteiger partial charge in [-0.15, -0.1) is 0 Å². The number of hydrogen-bond acceptors (Lipinski definition) is 1. The molecule has 0 saturated carbocycles. The summed E-state index contributed by atoms with van der Waals surface area (Å²) in [5, 5.41) is 0.579. The Kier molecular flexibility index (Phi) is 4.29. The second-order valence-electron chi connectivity index (χ2n) is 3.14. The van der Waals surface area contributed by atoms with Crippen molar-refractivity contribution >= 4 is 39.8 Å². The first kappa shape index (κ1) is 12.2. The first-order valence-corrected chi connectivity index (χ1v) is 5.38. The van der Waals surface area contributed by atoms with Crippen LogP contribution in [0.25, 0.3) is 0 Å². The Morgan fingerprint density at radius 3 is 2.73 bits per heavy atom. The van der Waals surface area contributed by atoms with Crippen LogP contribution in [-0.2, 0) is 0 Å². The summed E-state index contributed by atoms with van der Waals surface area (Å²) < 4.78 is 0.649. The molecule has 0 aliphatic heterocycles. The van der Waals surface area contributed by atoms with Gasteiger partial charge in [0.1, 0.15) is 0 Å². The molecular weight excluding hydrogens is 279 g/mol. The van der Waals surface area contributed by atoms with Gasteiger partial charge in [-0.1, -0.05) is 11.6 Å². The number of rotatable bonds is 2. The molecule has 80 valence electrons. The van der Waals surface area contributed by atoms with Crippen molar-refractivity contribution in [1.29, 1.82) is 0 Å². The molecule has 0 unspecified atom stereocenters. The average molecular weight is 290 g/mol. The van der Waals surface area contributed by atoms with E-state index in [0.29, 0.717) is 15.1 Å². The zero-order chi connectivity index (χ0) is 11.4. The number of aliphatic imine (C=N–C) groups is 1. The zero-order valence-electron chi connectivity index (χ0n) is 8.37. The highest BCUT2D eigenvalue weighted by atomic mass is 79.9. The number of hydrogen-bond donors (Lipinski definition) is 0. The largest absolute Gasteiger partial charge is 0.369 e. The predicted molar refractivity (Wildman–Crippen MR) is 65.7 cm³/mol. The molecule has 0 spiro atoms. The maximum Gasteiger partial charge on any atom is 0.279 e. The fraction of sp³-hybridized carbons (Fsp3) is 0.200. The molecule has 0 saturated heterocycles. The lowest BCUT2D eigenvalue weighted by Gasteiger charge is -2.03. The Morgan fingerprint density at radius 2 is 2.20 bits per heavy atom. The van der Waals surface area contributed by atoms with Gasteiger partial charge in [-0.2, -0.15) is 4.99 Å². The van der Waals surface area contributed by atoms with Crippen molar-refractivity contribution < 1.29 is 4.79 Å². The molecule has 0 atom stereocenters. The van der Waals surface area contributed by atoms with Crippen LogP contribution >= 0.6 is 27.5 Å². The lowest BCUT2D eigenvalue weighted by molar-refractivity contribution is 0.100. The van der Waals surface area contributed by atoms with E-state index in [0.717, 1.165) is 0 Å². The first-order chi connectivity index (χ1) is 7.00. The van der Waals surface area contributed by atoms with Gasteiger partial charge in [0.2, 0.25) is 0 Å². The Morgan fingerprint density at radius 1 is 1.53 bits per heavy atom. The van der Waals surface area contributed by atoms with Crippen LogP contribution in [0.2, 0.25) is 5.02 Å². The normalized spacial score (nSPS) is 10.7. The Bertz CT molecular complexity index is 404. The Hall–Kier alpha value is -0.870. The fourth-order valence-electron chi connectivity index (χ4n) is 0.900. The van der Waals surface area contributed by atoms with E-state index in [1.165, 1.54) is 6.34 Å². The summed E-state index contributed by atoms with van der Waals surface area (Å²) in [6.45, 7) is 0. The van der Waals surface area contributed by atoms with E-state index in [2.05, 4.69) is 20.9 Å². The molecule has 0 aliphatic carbocycles. The molecule has 15 heavy (non-hydrogen) atoms. The second kappa shape index (κ2) is 5.28. The van der Waals surface area contributed by atoms with E-state index in [-0.39, 0.29) is 5.91 Å². The molecule has 0 bridgehead atoms. The summed E-state index contributed by atoms with van der Waals surface area (Å²) in [7, 11) is 3.60. The lowest BCUT2D eigenvalue weighted by Crippen LogP contribution is -2.10. The molecule has 0 aromatic heterocycles. The highest BCUT2D eigenvalue weighted by Gasteiger charge is 2.08. The molecule has 1 rings (SSSR count). The third-order valence-corrected chi connectivity index (χ3v) is 2.46. The number of amides is 1. The molecule has 5 heteroatoms. The minimum absolute atomic E-state index is 0.299. The van der Waals surface area contributed by atoms with Gasteiger partial charge in [0.25, 0.3) is 5.91 Å². The quantitative estimate of drug-likeness (QED) is 0.619. The number of carbonyl (C=O) groups is 1. The fourth-order valence-corrected chi connectivity index (χ4v) is 1.75. The van der Waals surface area contributed by atoms with Gasteiger partial charge in [-0.05, 0) is 34.1 Å². The summed E-state index contributed by atoms with van der Waals surface area (Å²) in [4.78, 5) is 17.1. The van der Waals surface area contributed by atoms with E-state index in [1.54, 1.807) is 37.2 Å². The third-order valence-electron chi connectivity index (χ3n) is 1.57. The van der Waals surface area contributed by atoms with Crippen LogP contribution in [0.3, 0.4) is 0 Å². The lowest BCUT2D eigenvalue weighted by atomic mass is 10.2. The SMILES string of the molecule is CN(C)/C=N/C(=O)c1ccc(Cl)cc1Br. The Balaban J connectivity index is 2.92. The van der Waals surface area contributed by atoms with Crippen LogP contribution < -0.4 is 0 Å².